The molecule has 0 aliphatic heterocycles. The lowest BCUT2D eigenvalue weighted by molar-refractivity contribution is -0.143. The topological polar surface area (TPSA) is 67.8 Å². The second-order valence-electron chi connectivity index (χ2n) is 6.53. The van der Waals surface area contributed by atoms with E-state index in [4.69, 9.17) is 4.74 Å². The van der Waals surface area contributed by atoms with E-state index in [0.29, 0.717) is 5.75 Å². The number of Topliss-reactive ketones (excluding diaryl/α,β-unsaturated/α-hetero) is 1. The highest BCUT2D eigenvalue weighted by atomic mass is 16.5. The van der Waals surface area contributed by atoms with Crippen LogP contribution in [0.2, 0.25) is 0 Å². The average Bonchev–Trinajstić information content (AvgIpc) is 2.77. The number of nitrogens with zero attached hydrogens (tertiary/aromatic N) is 1. The lowest BCUT2D eigenvalue weighted by Gasteiger charge is -2.08. The number of benzene rings is 4. The van der Waals surface area contributed by atoms with Crippen LogP contribution in [0.15, 0.2) is 90.0 Å². The van der Waals surface area contributed by atoms with Gasteiger partial charge in [0.15, 0.2) is 0 Å². The summed E-state index contributed by atoms with van der Waals surface area (Å²) in [5, 5.41) is 7.79. The number of anilines is 1. The Labute approximate surface area is 167 Å². The lowest BCUT2D eigenvalue weighted by Crippen LogP contribution is -2.27. The number of ether oxygens (including phenoxy) is 1. The molecule has 0 unspecified atom stereocenters. The Balaban J connectivity index is 1.51. The second kappa shape index (κ2) is 7.94. The molecule has 0 amide bonds. The number of fused-ring (bicyclic) bond motifs is 2. The van der Waals surface area contributed by atoms with E-state index < -0.39 is 11.8 Å². The third-order valence-electron chi connectivity index (χ3n) is 4.60. The van der Waals surface area contributed by atoms with Crippen molar-refractivity contribution in [3.05, 3.63) is 84.9 Å². The Morgan fingerprint density at radius 2 is 1.34 bits per heavy atom. The number of ketones is 1. The number of hydrogen-bond donors (Lipinski definition) is 1. The van der Waals surface area contributed by atoms with E-state index in [2.05, 4.69) is 10.5 Å². The van der Waals surface area contributed by atoms with Gasteiger partial charge in [-0.3, -0.25) is 10.2 Å². The van der Waals surface area contributed by atoms with Gasteiger partial charge in [-0.1, -0.05) is 72.8 Å². The van der Waals surface area contributed by atoms with Gasteiger partial charge in [0.2, 0.25) is 0 Å². The van der Waals surface area contributed by atoms with Crippen LogP contribution < -0.4 is 10.2 Å². The van der Waals surface area contributed by atoms with Crippen molar-refractivity contribution in [2.75, 3.05) is 5.43 Å². The number of rotatable bonds is 5. The quantitative estimate of drug-likeness (QED) is 0.174. The van der Waals surface area contributed by atoms with E-state index in [1.54, 1.807) is 12.1 Å². The fourth-order valence-electron chi connectivity index (χ4n) is 3.10. The number of carbonyl (C=O) groups excluding carboxylic acids is 2. The van der Waals surface area contributed by atoms with E-state index in [0.717, 1.165) is 27.2 Å². The molecule has 0 radical (unpaired) electrons. The Kier molecular flexibility index (Phi) is 5.03. The van der Waals surface area contributed by atoms with Crippen LogP contribution in [-0.2, 0) is 9.59 Å². The molecule has 29 heavy (non-hydrogen) atoms. The molecular formula is C24H18N2O3. The van der Waals surface area contributed by atoms with Gasteiger partial charge >= 0.3 is 5.97 Å². The minimum atomic E-state index is -0.970. The van der Waals surface area contributed by atoms with E-state index in [1.807, 2.05) is 72.8 Å². The minimum absolute atomic E-state index is 0.0168. The highest BCUT2D eigenvalue weighted by Crippen LogP contribution is 2.25. The van der Waals surface area contributed by atoms with Gasteiger partial charge in [0.25, 0.3) is 5.78 Å². The standard InChI is InChI=1S/C24H18N2O3/c1-16(25-26-21-14-6-10-17-8-2-4-12-19(17)21)23(27)24(28)29-22-15-7-11-18-9-3-5-13-20(18)22/h2-15,26H,1H3. The summed E-state index contributed by atoms with van der Waals surface area (Å²) in [5.41, 5.74) is 3.64. The van der Waals surface area contributed by atoms with Crippen molar-refractivity contribution in [2.45, 2.75) is 6.92 Å². The summed E-state index contributed by atoms with van der Waals surface area (Å²) < 4.78 is 5.34. The van der Waals surface area contributed by atoms with Crippen molar-refractivity contribution in [1.82, 2.24) is 0 Å². The molecule has 4 aromatic rings. The minimum Gasteiger partial charge on any atom is -0.420 e. The molecule has 0 saturated heterocycles. The van der Waals surface area contributed by atoms with E-state index in [-0.39, 0.29) is 5.71 Å². The summed E-state index contributed by atoms with van der Waals surface area (Å²) in [7, 11) is 0. The second-order valence-corrected chi connectivity index (χ2v) is 6.53. The van der Waals surface area contributed by atoms with Crippen LogP contribution in [0.1, 0.15) is 6.92 Å². The van der Waals surface area contributed by atoms with Crippen molar-refractivity contribution >= 4 is 44.7 Å². The van der Waals surface area contributed by atoms with Gasteiger partial charge in [0.05, 0.1) is 5.69 Å². The number of hydrogen-bond acceptors (Lipinski definition) is 5. The van der Waals surface area contributed by atoms with Gasteiger partial charge in [0, 0.05) is 10.8 Å². The van der Waals surface area contributed by atoms with Crippen molar-refractivity contribution in [2.24, 2.45) is 5.10 Å². The van der Waals surface area contributed by atoms with Gasteiger partial charge in [-0.15, -0.1) is 0 Å². The van der Waals surface area contributed by atoms with Gasteiger partial charge in [-0.05, 0) is 29.8 Å². The number of hydrazone groups is 1. The number of esters is 1. The molecule has 0 atom stereocenters. The zero-order valence-corrected chi connectivity index (χ0v) is 15.8. The van der Waals surface area contributed by atoms with Gasteiger partial charge in [-0.25, -0.2) is 4.79 Å². The third-order valence-corrected chi connectivity index (χ3v) is 4.60. The predicted octanol–water partition coefficient (Wildman–Crippen LogP) is 4.96. The van der Waals surface area contributed by atoms with Crippen molar-refractivity contribution in [3.8, 4) is 5.75 Å². The first kappa shape index (κ1) is 18.4. The molecule has 0 bridgehead atoms. The smallest absolute Gasteiger partial charge is 0.386 e. The van der Waals surface area contributed by atoms with Crippen LogP contribution in [-0.4, -0.2) is 17.5 Å². The fraction of sp³-hybridized carbons (Fsp3) is 0.0417. The van der Waals surface area contributed by atoms with Crippen molar-refractivity contribution in [3.63, 3.8) is 0 Å². The van der Waals surface area contributed by atoms with Crippen LogP contribution in [0, 0.1) is 0 Å². The Bertz CT molecular complexity index is 1250. The molecule has 0 aliphatic carbocycles. The van der Waals surface area contributed by atoms with Crippen molar-refractivity contribution < 1.29 is 14.3 Å². The monoisotopic (exact) mass is 382 g/mol. The Hall–Kier alpha value is -3.99. The normalized spacial score (nSPS) is 11.4. The average molecular weight is 382 g/mol. The van der Waals surface area contributed by atoms with E-state index in [1.165, 1.54) is 6.92 Å². The van der Waals surface area contributed by atoms with Crippen LogP contribution in [0.5, 0.6) is 5.75 Å². The SMILES string of the molecule is CC(=NNc1cccc2ccccc12)C(=O)C(=O)Oc1cccc2ccccc12. The van der Waals surface area contributed by atoms with Crippen molar-refractivity contribution in [1.29, 1.82) is 0 Å². The van der Waals surface area contributed by atoms with Crippen LogP contribution in [0.3, 0.4) is 0 Å². The zero-order chi connectivity index (χ0) is 20.2. The first-order valence-electron chi connectivity index (χ1n) is 9.16. The molecular weight excluding hydrogens is 364 g/mol. The van der Waals surface area contributed by atoms with Crippen LogP contribution in [0.25, 0.3) is 21.5 Å². The van der Waals surface area contributed by atoms with Gasteiger partial charge in [0.1, 0.15) is 11.5 Å². The number of nitrogens with one attached hydrogen (secondary N) is 1. The zero-order valence-electron chi connectivity index (χ0n) is 15.8. The van der Waals surface area contributed by atoms with E-state index >= 15 is 0 Å². The number of carbonyl (C=O) groups is 2. The fourth-order valence-corrected chi connectivity index (χ4v) is 3.10. The Morgan fingerprint density at radius 3 is 2.10 bits per heavy atom. The maximum atomic E-state index is 12.4. The lowest BCUT2D eigenvalue weighted by atomic mass is 10.1. The molecule has 1 N–H and O–H groups in total. The highest BCUT2D eigenvalue weighted by molar-refractivity contribution is 6.63. The third kappa shape index (κ3) is 3.84. The largest absolute Gasteiger partial charge is 0.420 e. The molecule has 5 heteroatoms. The molecule has 4 rings (SSSR count). The summed E-state index contributed by atoms with van der Waals surface area (Å²) >= 11 is 0. The van der Waals surface area contributed by atoms with Crippen LogP contribution >= 0.6 is 0 Å². The van der Waals surface area contributed by atoms with Crippen LogP contribution in [0.4, 0.5) is 5.69 Å². The maximum absolute atomic E-state index is 12.4. The summed E-state index contributed by atoms with van der Waals surface area (Å²) in [5.74, 6) is -1.43. The van der Waals surface area contributed by atoms with E-state index in [9.17, 15) is 9.59 Å². The van der Waals surface area contributed by atoms with Gasteiger partial charge < -0.3 is 4.74 Å². The summed E-state index contributed by atoms with van der Waals surface area (Å²) in [6.45, 7) is 1.48. The first-order valence-corrected chi connectivity index (χ1v) is 9.16. The van der Waals surface area contributed by atoms with Gasteiger partial charge in [-0.2, -0.15) is 5.10 Å². The Morgan fingerprint density at radius 1 is 0.759 bits per heavy atom. The molecule has 4 aromatic carbocycles. The molecule has 0 heterocycles. The molecule has 0 aliphatic rings. The summed E-state index contributed by atoms with van der Waals surface area (Å²) in [6, 6.07) is 26.4. The molecule has 5 nitrogen and oxygen atoms in total. The highest BCUT2D eigenvalue weighted by Gasteiger charge is 2.21. The summed E-state index contributed by atoms with van der Waals surface area (Å²) in [6.07, 6.45) is 0. The predicted molar refractivity (Wildman–Crippen MR) is 115 cm³/mol. The maximum Gasteiger partial charge on any atom is 0.386 e. The molecule has 0 spiro atoms. The molecule has 142 valence electrons. The molecule has 0 fully saturated rings. The first-order chi connectivity index (χ1) is 14.1. The summed E-state index contributed by atoms with van der Waals surface area (Å²) in [4.78, 5) is 24.8. The molecule has 0 aromatic heterocycles. The molecule has 0 saturated carbocycles.